The van der Waals surface area contributed by atoms with E-state index < -0.39 is 0 Å². The first-order chi connectivity index (χ1) is 10.1. The quantitative estimate of drug-likeness (QED) is 0.715. The second-order valence-corrected chi connectivity index (χ2v) is 5.47. The fraction of sp³-hybridized carbons (Fsp3) is 0.312. The molecule has 0 amide bonds. The molecule has 1 aromatic carbocycles. The minimum absolute atomic E-state index is 0.109. The van der Waals surface area contributed by atoms with Gasteiger partial charge in [-0.25, -0.2) is 0 Å². The summed E-state index contributed by atoms with van der Waals surface area (Å²) in [4.78, 5) is 16.1. The van der Waals surface area contributed by atoms with Gasteiger partial charge in [0, 0.05) is 11.8 Å². The first-order valence-electron chi connectivity index (χ1n) is 6.94. The van der Waals surface area contributed by atoms with E-state index in [0.29, 0.717) is 24.1 Å². The van der Waals surface area contributed by atoms with Crippen molar-refractivity contribution in [2.24, 2.45) is 5.92 Å². The number of furan rings is 1. The fourth-order valence-corrected chi connectivity index (χ4v) is 2.28. The standard InChI is InChI=1S/C16H16N2O3/c1-10(2)7-11(19)8-15-17-16(18-21-15)13-9-20-14-6-4-3-5-12(13)14/h3-6,9-10H,7-8H2,1-2H3. The Bertz CT molecular complexity index is 771. The molecule has 0 aliphatic rings. The number of nitrogens with zero attached hydrogens (tertiary/aromatic N) is 2. The van der Waals surface area contributed by atoms with Crippen molar-refractivity contribution in [1.82, 2.24) is 10.1 Å². The van der Waals surface area contributed by atoms with Gasteiger partial charge in [-0.3, -0.25) is 4.79 Å². The highest BCUT2D eigenvalue weighted by molar-refractivity contribution is 5.91. The first-order valence-corrected chi connectivity index (χ1v) is 6.94. The Morgan fingerprint density at radius 2 is 2.10 bits per heavy atom. The highest BCUT2D eigenvalue weighted by atomic mass is 16.5. The van der Waals surface area contributed by atoms with Crippen LogP contribution in [0.25, 0.3) is 22.4 Å². The number of ketones is 1. The summed E-state index contributed by atoms with van der Waals surface area (Å²) in [6.07, 6.45) is 2.31. The molecule has 0 spiro atoms. The summed E-state index contributed by atoms with van der Waals surface area (Å²) in [7, 11) is 0. The van der Waals surface area contributed by atoms with Crippen molar-refractivity contribution >= 4 is 16.8 Å². The predicted octanol–water partition coefficient (Wildman–Crippen LogP) is 3.64. The monoisotopic (exact) mass is 284 g/mol. The van der Waals surface area contributed by atoms with E-state index in [1.165, 1.54) is 0 Å². The van der Waals surface area contributed by atoms with Crippen molar-refractivity contribution in [1.29, 1.82) is 0 Å². The van der Waals surface area contributed by atoms with Crippen LogP contribution in [-0.4, -0.2) is 15.9 Å². The van der Waals surface area contributed by atoms with Crippen molar-refractivity contribution in [3.8, 4) is 11.4 Å². The van der Waals surface area contributed by atoms with E-state index in [1.54, 1.807) is 6.26 Å². The van der Waals surface area contributed by atoms with E-state index in [2.05, 4.69) is 10.1 Å². The molecule has 0 aliphatic heterocycles. The van der Waals surface area contributed by atoms with Crippen LogP contribution in [0.1, 0.15) is 26.2 Å². The zero-order valence-corrected chi connectivity index (χ0v) is 12.0. The molecule has 3 rings (SSSR count). The molecule has 0 atom stereocenters. The van der Waals surface area contributed by atoms with Crippen molar-refractivity contribution in [2.75, 3.05) is 0 Å². The molecule has 2 heterocycles. The van der Waals surface area contributed by atoms with E-state index in [-0.39, 0.29) is 12.2 Å². The van der Waals surface area contributed by atoms with E-state index in [9.17, 15) is 4.79 Å². The van der Waals surface area contributed by atoms with Crippen LogP contribution < -0.4 is 0 Å². The van der Waals surface area contributed by atoms with Crippen LogP contribution in [-0.2, 0) is 11.2 Å². The molecule has 0 radical (unpaired) electrons. The van der Waals surface area contributed by atoms with Gasteiger partial charge in [0.25, 0.3) is 0 Å². The number of para-hydroxylation sites is 1. The smallest absolute Gasteiger partial charge is 0.234 e. The summed E-state index contributed by atoms with van der Waals surface area (Å²) >= 11 is 0. The van der Waals surface area contributed by atoms with Gasteiger partial charge in [-0.05, 0) is 12.0 Å². The zero-order valence-electron chi connectivity index (χ0n) is 12.0. The fourth-order valence-electron chi connectivity index (χ4n) is 2.28. The lowest BCUT2D eigenvalue weighted by atomic mass is 10.1. The van der Waals surface area contributed by atoms with Crippen LogP contribution in [0.5, 0.6) is 0 Å². The molecule has 0 saturated heterocycles. The van der Waals surface area contributed by atoms with Gasteiger partial charge in [0.05, 0.1) is 12.0 Å². The van der Waals surface area contributed by atoms with Gasteiger partial charge < -0.3 is 8.94 Å². The van der Waals surface area contributed by atoms with Crippen LogP contribution in [0.3, 0.4) is 0 Å². The lowest BCUT2D eigenvalue weighted by molar-refractivity contribution is -0.119. The van der Waals surface area contributed by atoms with Crippen LogP contribution in [0.2, 0.25) is 0 Å². The maximum atomic E-state index is 11.8. The molecule has 0 saturated carbocycles. The number of hydrogen-bond acceptors (Lipinski definition) is 5. The van der Waals surface area contributed by atoms with Gasteiger partial charge in [0.15, 0.2) is 0 Å². The number of fused-ring (bicyclic) bond motifs is 1. The molecule has 0 fully saturated rings. The van der Waals surface area contributed by atoms with E-state index >= 15 is 0 Å². The van der Waals surface area contributed by atoms with Crippen LogP contribution >= 0.6 is 0 Å². The van der Waals surface area contributed by atoms with Crippen LogP contribution in [0, 0.1) is 5.92 Å². The summed E-state index contributed by atoms with van der Waals surface area (Å²) in [5, 5.41) is 4.87. The number of hydrogen-bond donors (Lipinski definition) is 0. The van der Waals surface area contributed by atoms with Crippen molar-refractivity contribution < 1.29 is 13.7 Å². The normalized spacial score (nSPS) is 11.4. The lowest BCUT2D eigenvalue weighted by Crippen LogP contribution is -2.06. The largest absolute Gasteiger partial charge is 0.464 e. The Morgan fingerprint density at radius 3 is 2.90 bits per heavy atom. The third-order valence-corrected chi connectivity index (χ3v) is 3.17. The third-order valence-electron chi connectivity index (χ3n) is 3.17. The summed E-state index contributed by atoms with van der Waals surface area (Å²) < 4.78 is 10.6. The molecule has 3 aromatic rings. The van der Waals surface area contributed by atoms with E-state index in [1.807, 2.05) is 38.1 Å². The second-order valence-electron chi connectivity index (χ2n) is 5.47. The van der Waals surface area contributed by atoms with Gasteiger partial charge in [-0.1, -0.05) is 37.2 Å². The number of carbonyl (C=O) groups is 1. The van der Waals surface area contributed by atoms with Gasteiger partial charge in [0.2, 0.25) is 11.7 Å². The molecule has 0 N–H and O–H groups in total. The number of rotatable bonds is 5. The molecule has 0 aliphatic carbocycles. The lowest BCUT2D eigenvalue weighted by Gasteiger charge is -2.00. The Balaban J connectivity index is 1.83. The molecule has 21 heavy (non-hydrogen) atoms. The molecule has 0 bridgehead atoms. The molecule has 5 nitrogen and oxygen atoms in total. The van der Waals surface area contributed by atoms with E-state index in [4.69, 9.17) is 8.94 Å². The van der Waals surface area contributed by atoms with Crippen LogP contribution in [0.15, 0.2) is 39.5 Å². The average molecular weight is 284 g/mol. The van der Waals surface area contributed by atoms with Crippen molar-refractivity contribution in [2.45, 2.75) is 26.7 Å². The maximum absolute atomic E-state index is 11.8. The van der Waals surface area contributed by atoms with Gasteiger partial charge in [-0.2, -0.15) is 4.98 Å². The molecule has 2 aromatic heterocycles. The summed E-state index contributed by atoms with van der Waals surface area (Å²) in [5.74, 6) is 1.24. The van der Waals surface area contributed by atoms with Crippen LogP contribution in [0.4, 0.5) is 0 Å². The number of benzene rings is 1. The second kappa shape index (κ2) is 5.52. The van der Waals surface area contributed by atoms with Crippen molar-refractivity contribution in [3.63, 3.8) is 0 Å². The topological polar surface area (TPSA) is 69.1 Å². The SMILES string of the molecule is CC(C)CC(=O)Cc1nc(-c2coc3ccccc23)no1. The Labute approximate surface area is 122 Å². The highest BCUT2D eigenvalue weighted by Gasteiger charge is 2.16. The Hall–Kier alpha value is -2.43. The molecule has 108 valence electrons. The van der Waals surface area contributed by atoms with Gasteiger partial charge in [0.1, 0.15) is 17.6 Å². The summed E-state index contributed by atoms with van der Waals surface area (Å²) in [6, 6.07) is 7.65. The Morgan fingerprint density at radius 1 is 1.29 bits per heavy atom. The van der Waals surface area contributed by atoms with Crippen molar-refractivity contribution in [3.05, 3.63) is 36.4 Å². The molecular formula is C16H16N2O3. The summed E-state index contributed by atoms with van der Waals surface area (Å²) in [5.41, 5.74) is 1.55. The minimum atomic E-state index is 0.109. The van der Waals surface area contributed by atoms with Gasteiger partial charge >= 0.3 is 0 Å². The highest BCUT2D eigenvalue weighted by Crippen LogP contribution is 2.28. The molecular weight excluding hydrogens is 268 g/mol. The average Bonchev–Trinajstić information content (AvgIpc) is 3.03. The number of carbonyl (C=O) groups excluding carboxylic acids is 1. The first kappa shape index (κ1) is 13.5. The van der Waals surface area contributed by atoms with E-state index in [0.717, 1.165) is 16.5 Å². The number of Topliss-reactive ketones (excluding diaryl/α,β-unsaturated/α-hetero) is 1. The minimum Gasteiger partial charge on any atom is -0.464 e. The molecule has 5 heteroatoms. The maximum Gasteiger partial charge on any atom is 0.234 e. The third kappa shape index (κ3) is 2.86. The summed E-state index contributed by atoms with van der Waals surface area (Å²) in [6.45, 7) is 4.02. The predicted molar refractivity (Wildman–Crippen MR) is 77.7 cm³/mol. The molecule has 0 unspecified atom stereocenters. The zero-order chi connectivity index (χ0) is 14.8. The van der Waals surface area contributed by atoms with Gasteiger partial charge in [-0.15, -0.1) is 0 Å². The Kier molecular flexibility index (Phi) is 3.56. The number of aromatic nitrogens is 2.